The molecule has 7 nitrogen and oxygen atoms in total. The zero-order valence-electron chi connectivity index (χ0n) is 20.8. The molecule has 0 radical (unpaired) electrons. The van der Waals surface area contributed by atoms with Crippen molar-refractivity contribution in [3.8, 4) is 17.1 Å². The van der Waals surface area contributed by atoms with Crippen molar-refractivity contribution in [3.05, 3.63) is 77.4 Å². The number of halogens is 3. The fraction of sp³-hybridized carbons (Fsp3) is 0.357. The SMILES string of the molecule is COc1ccc(CCC(=O)N2CC[C@]3(NC(=O)c4ccc(F)c(-c5c(F)cccc5F)n4)CCC[C@H]23)cn1. The first-order valence-corrected chi connectivity index (χ1v) is 12.5. The highest BCUT2D eigenvalue weighted by atomic mass is 19.1. The number of carbonyl (C=O) groups is 2. The predicted octanol–water partition coefficient (Wildman–Crippen LogP) is 4.46. The summed E-state index contributed by atoms with van der Waals surface area (Å²) in [6.45, 7) is 0.507. The maximum absolute atomic E-state index is 14.5. The Morgan fingerprint density at radius 2 is 1.87 bits per heavy atom. The van der Waals surface area contributed by atoms with Gasteiger partial charge in [-0.2, -0.15) is 0 Å². The Hall–Kier alpha value is -3.95. The Labute approximate surface area is 218 Å². The number of aromatic nitrogens is 2. The van der Waals surface area contributed by atoms with E-state index in [1.807, 2.05) is 11.0 Å². The normalized spacial score (nSPS) is 20.3. The van der Waals surface area contributed by atoms with E-state index in [2.05, 4.69) is 15.3 Å². The third-order valence-corrected chi connectivity index (χ3v) is 7.51. The summed E-state index contributed by atoms with van der Waals surface area (Å²) in [5.74, 6) is -2.95. The second-order valence-electron chi connectivity index (χ2n) is 9.69. The quantitative estimate of drug-likeness (QED) is 0.494. The van der Waals surface area contributed by atoms with Crippen LogP contribution in [0.4, 0.5) is 13.2 Å². The molecule has 1 aliphatic carbocycles. The number of likely N-dealkylation sites (tertiary alicyclic amines) is 1. The average Bonchev–Trinajstić information content (AvgIpc) is 3.47. The lowest BCUT2D eigenvalue weighted by Crippen LogP contribution is -2.54. The van der Waals surface area contributed by atoms with E-state index < -0.39 is 40.2 Å². The first kappa shape index (κ1) is 25.7. The van der Waals surface area contributed by atoms with E-state index >= 15 is 0 Å². The number of carbonyl (C=O) groups excluding carboxylic acids is 2. The van der Waals surface area contributed by atoms with Gasteiger partial charge >= 0.3 is 0 Å². The third-order valence-electron chi connectivity index (χ3n) is 7.51. The molecule has 0 spiro atoms. The van der Waals surface area contributed by atoms with E-state index in [4.69, 9.17) is 4.74 Å². The molecule has 3 aromatic rings. The summed E-state index contributed by atoms with van der Waals surface area (Å²) < 4.78 is 48.1. The molecule has 0 bridgehead atoms. The Morgan fingerprint density at radius 1 is 1.08 bits per heavy atom. The molecule has 2 aliphatic rings. The van der Waals surface area contributed by atoms with Crippen molar-refractivity contribution >= 4 is 11.8 Å². The predicted molar refractivity (Wildman–Crippen MR) is 133 cm³/mol. The number of hydrogen-bond acceptors (Lipinski definition) is 5. The molecule has 2 fully saturated rings. The smallest absolute Gasteiger partial charge is 0.270 e. The molecule has 3 heterocycles. The zero-order valence-corrected chi connectivity index (χ0v) is 20.8. The highest BCUT2D eigenvalue weighted by Gasteiger charge is 2.52. The molecule has 2 amide bonds. The van der Waals surface area contributed by atoms with Gasteiger partial charge in [-0.25, -0.2) is 23.1 Å². The summed E-state index contributed by atoms with van der Waals surface area (Å²) in [5, 5.41) is 3.04. The van der Waals surface area contributed by atoms with Crippen molar-refractivity contribution in [3.63, 3.8) is 0 Å². The molecule has 5 rings (SSSR count). The Kier molecular flexibility index (Phi) is 7.05. The van der Waals surface area contributed by atoms with E-state index in [0.29, 0.717) is 38.1 Å². The van der Waals surface area contributed by atoms with Gasteiger partial charge in [0.15, 0.2) is 0 Å². The van der Waals surface area contributed by atoms with Gasteiger partial charge in [-0.15, -0.1) is 0 Å². The molecule has 2 atom stereocenters. The van der Waals surface area contributed by atoms with E-state index in [1.165, 1.54) is 12.1 Å². The van der Waals surface area contributed by atoms with Crippen LogP contribution in [0.25, 0.3) is 11.3 Å². The van der Waals surface area contributed by atoms with Crippen molar-refractivity contribution < 1.29 is 27.5 Å². The number of nitrogens with zero attached hydrogens (tertiary/aromatic N) is 3. The van der Waals surface area contributed by atoms with Crippen LogP contribution in [0.15, 0.2) is 48.7 Å². The number of aryl methyl sites for hydroxylation is 1. The van der Waals surface area contributed by atoms with Gasteiger partial charge < -0.3 is 15.0 Å². The van der Waals surface area contributed by atoms with Crippen LogP contribution in [0.1, 0.15) is 48.2 Å². The molecule has 1 N–H and O–H groups in total. The molecule has 10 heteroatoms. The number of amides is 2. The molecule has 1 aromatic carbocycles. The van der Waals surface area contributed by atoms with Gasteiger partial charge in [0.25, 0.3) is 5.91 Å². The lowest BCUT2D eigenvalue weighted by molar-refractivity contribution is -0.132. The lowest BCUT2D eigenvalue weighted by atomic mass is 9.92. The zero-order chi connectivity index (χ0) is 26.9. The number of ether oxygens (including phenoxy) is 1. The second kappa shape index (κ2) is 10.4. The summed E-state index contributed by atoms with van der Waals surface area (Å²) >= 11 is 0. The van der Waals surface area contributed by atoms with Crippen LogP contribution in [0.3, 0.4) is 0 Å². The highest BCUT2D eigenvalue weighted by Crippen LogP contribution is 2.42. The summed E-state index contributed by atoms with van der Waals surface area (Å²) in [4.78, 5) is 36.4. The van der Waals surface area contributed by atoms with E-state index in [1.54, 1.807) is 19.4 Å². The van der Waals surface area contributed by atoms with Gasteiger partial charge in [-0.1, -0.05) is 12.1 Å². The molecule has 1 saturated carbocycles. The van der Waals surface area contributed by atoms with Gasteiger partial charge in [-0.05, 0) is 61.9 Å². The first-order chi connectivity index (χ1) is 18.3. The van der Waals surface area contributed by atoms with Gasteiger partial charge in [0.05, 0.1) is 24.3 Å². The molecule has 1 aliphatic heterocycles. The van der Waals surface area contributed by atoms with E-state index in [9.17, 15) is 22.8 Å². The minimum Gasteiger partial charge on any atom is -0.481 e. The van der Waals surface area contributed by atoms with Crippen molar-refractivity contribution in [1.82, 2.24) is 20.2 Å². The fourth-order valence-corrected chi connectivity index (χ4v) is 5.61. The summed E-state index contributed by atoms with van der Waals surface area (Å²) in [6.07, 6.45) is 5.38. The van der Waals surface area contributed by atoms with Crippen LogP contribution in [0.5, 0.6) is 5.88 Å². The second-order valence-corrected chi connectivity index (χ2v) is 9.69. The van der Waals surface area contributed by atoms with E-state index in [-0.39, 0.29) is 17.6 Å². The fourth-order valence-electron chi connectivity index (χ4n) is 5.61. The summed E-state index contributed by atoms with van der Waals surface area (Å²) in [7, 11) is 1.54. The molecular weight excluding hydrogens is 497 g/mol. The van der Waals surface area contributed by atoms with Crippen molar-refractivity contribution in [2.24, 2.45) is 0 Å². The first-order valence-electron chi connectivity index (χ1n) is 12.5. The molecule has 0 unspecified atom stereocenters. The number of rotatable bonds is 7. The summed E-state index contributed by atoms with van der Waals surface area (Å²) in [5.41, 5.74) is -1.05. The number of pyridine rings is 2. The van der Waals surface area contributed by atoms with Gasteiger partial charge in [0, 0.05) is 25.2 Å². The van der Waals surface area contributed by atoms with Crippen molar-refractivity contribution in [1.29, 1.82) is 0 Å². The van der Waals surface area contributed by atoms with Gasteiger partial charge in [0.2, 0.25) is 11.8 Å². The van der Waals surface area contributed by atoms with Crippen LogP contribution in [-0.4, -0.2) is 51.9 Å². The molecule has 198 valence electrons. The third kappa shape index (κ3) is 4.82. The Morgan fingerprint density at radius 3 is 2.58 bits per heavy atom. The highest BCUT2D eigenvalue weighted by molar-refractivity contribution is 5.93. The van der Waals surface area contributed by atoms with Gasteiger partial charge in [0.1, 0.15) is 28.8 Å². The Bertz CT molecular complexity index is 1350. The maximum atomic E-state index is 14.5. The van der Waals surface area contributed by atoms with E-state index in [0.717, 1.165) is 36.6 Å². The number of hydrogen-bond donors (Lipinski definition) is 1. The maximum Gasteiger partial charge on any atom is 0.270 e. The van der Waals surface area contributed by atoms with Crippen LogP contribution in [0, 0.1) is 17.5 Å². The number of nitrogens with one attached hydrogen (secondary N) is 1. The average molecular weight is 525 g/mol. The largest absolute Gasteiger partial charge is 0.481 e. The molecule has 38 heavy (non-hydrogen) atoms. The molecule has 1 saturated heterocycles. The van der Waals surface area contributed by atoms with Crippen LogP contribution in [0.2, 0.25) is 0 Å². The number of fused-ring (bicyclic) bond motifs is 1. The van der Waals surface area contributed by atoms with Crippen LogP contribution >= 0.6 is 0 Å². The standard InChI is InChI=1S/C28H27F3N4O3/c1-38-23-11-7-17(16-32-23)8-12-24(36)35-15-14-28(13-3-6-22(28)35)34-27(37)21-10-9-20(31)26(33-21)25-18(29)4-2-5-19(25)30/h2,4-5,7,9-11,16,22H,3,6,8,12-15H2,1H3,(H,34,37)/t22-,28+/m0/s1. The number of methoxy groups -OCH3 is 1. The monoisotopic (exact) mass is 524 g/mol. The topological polar surface area (TPSA) is 84.4 Å². The van der Waals surface area contributed by atoms with Crippen molar-refractivity contribution in [2.75, 3.05) is 13.7 Å². The minimum atomic E-state index is -0.973. The Balaban J connectivity index is 1.30. The summed E-state index contributed by atoms with van der Waals surface area (Å²) in [6, 6.07) is 8.80. The molecule has 2 aromatic heterocycles. The van der Waals surface area contributed by atoms with Crippen LogP contribution < -0.4 is 10.1 Å². The lowest BCUT2D eigenvalue weighted by Gasteiger charge is -2.33. The van der Waals surface area contributed by atoms with Crippen molar-refractivity contribution in [2.45, 2.75) is 50.1 Å². The minimum absolute atomic E-state index is 0.000985. The molecular formula is C28H27F3N4O3. The van der Waals surface area contributed by atoms with Gasteiger partial charge in [-0.3, -0.25) is 9.59 Å². The number of benzene rings is 1. The van der Waals surface area contributed by atoms with Crippen LogP contribution in [-0.2, 0) is 11.2 Å².